The Bertz CT molecular complexity index is 342. The van der Waals surface area contributed by atoms with Gasteiger partial charge in [0.05, 0.1) is 0 Å². The summed E-state index contributed by atoms with van der Waals surface area (Å²) < 4.78 is 41.2. The third-order valence-electron chi connectivity index (χ3n) is 1.93. The maximum Gasteiger partial charge on any atom is 0.406 e. The first-order valence-electron chi connectivity index (χ1n) is 5.16. The molecule has 0 aliphatic rings. The average Bonchev–Trinajstić information content (AvgIpc) is 2.64. The molecule has 0 spiro atoms. The second-order valence-electron chi connectivity index (χ2n) is 3.47. The SMILES string of the molecule is CCCc1nsc(N(CCBr)CC(F)(F)F)n1. The number of nitrogens with zero attached hydrogens (tertiary/aromatic N) is 3. The molecule has 0 saturated heterocycles. The van der Waals surface area contributed by atoms with Gasteiger partial charge in [-0.1, -0.05) is 22.9 Å². The topological polar surface area (TPSA) is 29.0 Å². The predicted octanol–water partition coefficient (Wildman–Crippen LogP) is 3.25. The molecule has 1 rings (SSSR count). The molecule has 0 N–H and O–H groups in total. The van der Waals surface area contributed by atoms with Crippen LogP contribution in [0.5, 0.6) is 0 Å². The van der Waals surface area contributed by atoms with Crippen molar-refractivity contribution in [2.45, 2.75) is 25.9 Å². The van der Waals surface area contributed by atoms with Gasteiger partial charge in [-0.2, -0.15) is 17.5 Å². The molecule has 0 radical (unpaired) electrons. The van der Waals surface area contributed by atoms with Crippen molar-refractivity contribution in [3.05, 3.63) is 5.82 Å². The van der Waals surface area contributed by atoms with E-state index in [0.717, 1.165) is 18.0 Å². The van der Waals surface area contributed by atoms with E-state index >= 15 is 0 Å². The van der Waals surface area contributed by atoms with Gasteiger partial charge in [-0.25, -0.2) is 4.98 Å². The summed E-state index contributed by atoms with van der Waals surface area (Å²) in [5.74, 6) is 0.620. The summed E-state index contributed by atoms with van der Waals surface area (Å²) in [7, 11) is 0. The molecule has 0 amide bonds. The van der Waals surface area contributed by atoms with Crippen molar-refractivity contribution in [2.24, 2.45) is 0 Å². The molecule has 0 fully saturated rings. The van der Waals surface area contributed by atoms with Crippen LogP contribution in [0.25, 0.3) is 0 Å². The van der Waals surface area contributed by atoms with Crippen LogP contribution in [0.2, 0.25) is 0 Å². The normalized spacial score (nSPS) is 11.8. The molecule has 17 heavy (non-hydrogen) atoms. The third kappa shape index (κ3) is 5.20. The summed E-state index contributed by atoms with van der Waals surface area (Å²) in [4.78, 5) is 5.32. The Morgan fingerprint density at radius 1 is 1.41 bits per heavy atom. The van der Waals surface area contributed by atoms with Gasteiger partial charge in [-0.15, -0.1) is 0 Å². The molecule has 0 bridgehead atoms. The van der Waals surface area contributed by atoms with Crippen molar-refractivity contribution in [2.75, 3.05) is 23.3 Å². The summed E-state index contributed by atoms with van der Waals surface area (Å²) in [6.07, 6.45) is -2.64. The van der Waals surface area contributed by atoms with Crippen LogP contribution < -0.4 is 4.90 Å². The molecule has 0 aliphatic carbocycles. The second-order valence-corrected chi connectivity index (χ2v) is 4.99. The summed E-state index contributed by atoms with van der Waals surface area (Å²) in [6.45, 7) is 1.26. The highest BCUT2D eigenvalue weighted by atomic mass is 79.9. The number of aromatic nitrogens is 2. The number of hydrogen-bond acceptors (Lipinski definition) is 4. The van der Waals surface area contributed by atoms with Crippen LogP contribution in [-0.4, -0.2) is 34.0 Å². The van der Waals surface area contributed by atoms with Gasteiger partial charge >= 0.3 is 6.18 Å². The maximum atomic E-state index is 12.4. The first-order chi connectivity index (χ1) is 7.96. The number of rotatable bonds is 6. The predicted molar refractivity (Wildman–Crippen MR) is 66.0 cm³/mol. The first-order valence-corrected chi connectivity index (χ1v) is 7.06. The minimum atomic E-state index is -4.22. The number of aryl methyl sites for hydroxylation is 1. The van der Waals surface area contributed by atoms with Gasteiger partial charge in [0.1, 0.15) is 12.4 Å². The fourth-order valence-electron chi connectivity index (χ4n) is 1.26. The van der Waals surface area contributed by atoms with Gasteiger partial charge in [0.25, 0.3) is 0 Å². The number of alkyl halides is 4. The van der Waals surface area contributed by atoms with E-state index in [2.05, 4.69) is 25.3 Å². The van der Waals surface area contributed by atoms with E-state index in [-0.39, 0.29) is 6.54 Å². The Balaban J connectivity index is 2.74. The lowest BCUT2D eigenvalue weighted by Crippen LogP contribution is -2.35. The molecule has 0 atom stereocenters. The molecule has 8 heteroatoms. The van der Waals surface area contributed by atoms with Crippen molar-refractivity contribution in [3.63, 3.8) is 0 Å². The van der Waals surface area contributed by atoms with Crippen LogP contribution >= 0.6 is 27.5 Å². The van der Waals surface area contributed by atoms with Crippen molar-refractivity contribution >= 4 is 32.6 Å². The van der Waals surface area contributed by atoms with Crippen LogP contribution in [0.1, 0.15) is 19.2 Å². The lowest BCUT2D eigenvalue weighted by Gasteiger charge is -2.21. The minimum Gasteiger partial charge on any atom is -0.337 e. The van der Waals surface area contributed by atoms with Crippen molar-refractivity contribution < 1.29 is 13.2 Å². The van der Waals surface area contributed by atoms with Gasteiger partial charge in [-0.3, -0.25) is 0 Å². The average molecular weight is 332 g/mol. The highest BCUT2D eigenvalue weighted by Crippen LogP contribution is 2.23. The van der Waals surface area contributed by atoms with E-state index in [1.165, 1.54) is 4.90 Å². The zero-order chi connectivity index (χ0) is 12.9. The highest BCUT2D eigenvalue weighted by Gasteiger charge is 2.31. The summed E-state index contributed by atoms with van der Waals surface area (Å²) in [5.41, 5.74) is 0. The molecule has 0 aromatic carbocycles. The van der Waals surface area contributed by atoms with Gasteiger partial charge in [0.15, 0.2) is 0 Å². The minimum absolute atomic E-state index is 0.264. The second kappa shape index (κ2) is 6.53. The number of anilines is 1. The molecular weight excluding hydrogens is 319 g/mol. The standard InChI is InChI=1S/C9H13BrF3N3S/c1-2-3-7-14-8(17-15-7)16(5-4-10)6-9(11,12)13/h2-6H2,1H3. The van der Waals surface area contributed by atoms with Gasteiger partial charge in [-0.05, 0) is 6.42 Å². The Kier molecular flexibility index (Phi) is 5.64. The Morgan fingerprint density at radius 3 is 2.65 bits per heavy atom. The van der Waals surface area contributed by atoms with Crippen molar-refractivity contribution in [3.8, 4) is 0 Å². The van der Waals surface area contributed by atoms with E-state index in [0.29, 0.717) is 22.7 Å². The summed E-state index contributed by atoms with van der Waals surface area (Å²) >= 11 is 4.16. The fraction of sp³-hybridized carbons (Fsp3) is 0.778. The Hall–Kier alpha value is -0.370. The molecule has 3 nitrogen and oxygen atoms in total. The quantitative estimate of drug-likeness (QED) is 0.749. The smallest absolute Gasteiger partial charge is 0.337 e. The Morgan fingerprint density at radius 2 is 2.12 bits per heavy atom. The van der Waals surface area contributed by atoms with E-state index in [1.54, 1.807) is 0 Å². The lowest BCUT2D eigenvalue weighted by atomic mass is 10.3. The van der Waals surface area contributed by atoms with Crippen LogP contribution in [0.3, 0.4) is 0 Å². The maximum absolute atomic E-state index is 12.4. The lowest BCUT2D eigenvalue weighted by molar-refractivity contribution is -0.119. The van der Waals surface area contributed by atoms with E-state index < -0.39 is 12.7 Å². The fourth-order valence-corrected chi connectivity index (χ4v) is 2.42. The van der Waals surface area contributed by atoms with E-state index in [1.807, 2.05) is 6.92 Å². The molecule has 1 heterocycles. The molecule has 0 unspecified atom stereocenters. The first kappa shape index (κ1) is 14.7. The van der Waals surface area contributed by atoms with Crippen LogP contribution in [0.4, 0.5) is 18.3 Å². The molecule has 0 aliphatic heterocycles. The number of halogens is 4. The third-order valence-corrected chi connectivity index (χ3v) is 3.10. The van der Waals surface area contributed by atoms with Gasteiger partial charge in [0.2, 0.25) is 5.13 Å². The molecular formula is C9H13BrF3N3S. The van der Waals surface area contributed by atoms with Gasteiger partial charge < -0.3 is 4.90 Å². The van der Waals surface area contributed by atoms with Crippen LogP contribution in [0.15, 0.2) is 0 Å². The zero-order valence-electron chi connectivity index (χ0n) is 9.30. The van der Waals surface area contributed by atoms with Crippen LogP contribution in [-0.2, 0) is 6.42 Å². The monoisotopic (exact) mass is 331 g/mol. The molecule has 1 aromatic rings. The van der Waals surface area contributed by atoms with Gasteiger partial charge in [0, 0.05) is 29.8 Å². The molecule has 98 valence electrons. The van der Waals surface area contributed by atoms with Crippen molar-refractivity contribution in [1.82, 2.24) is 9.36 Å². The van der Waals surface area contributed by atoms with E-state index in [4.69, 9.17) is 0 Å². The zero-order valence-corrected chi connectivity index (χ0v) is 11.7. The van der Waals surface area contributed by atoms with E-state index in [9.17, 15) is 13.2 Å². The largest absolute Gasteiger partial charge is 0.406 e. The van der Waals surface area contributed by atoms with Crippen LogP contribution in [0, 0.1) is 0 Å². The summed E-state index contributed by atoms with van der Waals surface area (Å²) in [5, 5.41) is 0.802. The molecule has 0 saturated carbocycles. The summed E-state index contributed by atoms with van der Waals surface area (Å²) in [6, 6.07) is 0. The Labute approximate surface area is 110 Å². The number of hydrogen-bond donors (Lipinski definition) is 0. The van der Waals surface area contributed by atoms with Crippen molar-refractivity contribution in [1.29, 1.82) is 0 Å². The highest BCUT2D eigenvalue weighted by molar-refractivity contribution is 9.09. The molecule has 1 aromatic heterocycles.